The molecule has 0 spiro atoms. The summed E-state index contributed by atoms with van der Waals surface area (Å²) in [5.41, 5.74) is 3.67. The Morgan fingerprint density at radius 2 is 2.00 bits per heavy atom. The molecular formula is C12H10Br2FN3. The summed E-state index contributed by atoms with van der Waals surface area (Å²) < 4.78 is 15.4. The fourth-order valence-electron chi connectivity index (χ4n) is 1.66. The van der Waals surface area contributed by atoms with Crippen molar-refractivity contribution < 1.29 is 4.39 Å². The van der Waals surface area contributed by atoms with E-state index in [0.29, 0.717) is 11.3 Å². The largest absolute Gasteiger partial charge is 0.271 e. The summed E-state index contributed by atoms with van der Waals surface area (Å²) >= 11 is 6.72. The van der Waals surface area contributed by atoms with Crippen LogP contribution in [0.5, 0.6) is 0 Å². The molecule has 0 aliphatic heterocycles. The second-order valence-corrected chi connectivity index (χ2v) is 5.41. The standard InChI is InChI=1S/C12H10Br2FN3/c13-7-5-9(14)12(17-6-7)11(18-16)8-3-1-2-4-10(8)15/h1-6,11,18H,16H2. The average molecular weight is 375 g/mol. The smallest absolute Gasteiger partial charge is 0.128 e. The first kappa shape index (κ1) is 13.6. The van der Waals surface area contributed by atoms with Crippen LogP contribution in [0, 0.1) is 5.82 Å². The third-order valence-electron chi connectivity index (χ3n) is 2.49. The van der Waals surface area contributed by atoms with Crippen molar-refractivity contribution >= 4 is 31.9 Å². The molecule has 1 aromatic carbocycles. The van der Waals surface area contributed by atoms with Crippen LogP contribution >= 0.6 is 31.9 Å². The summed E-state index contributed by atoms with van der Waals surface area (Å²) in [5.74, 6) is 5.20. The molecule has 1 aromatic heterocycles. The quantitative estimate of drug-likeness (QED) is 0.640. The van der Waals surface area contributed by atoms with Crippen molar-refractivity contribution in [3.05, 3.63) is 62.5 Å². The predicted molar refractivity (Wildman–Crippen MR) is 75.2 cm³/mol. The highest BCUT2D eigenvalue weighted by atomic mass is 79.9. The van der Waals surface area contributed by atoms with Crippen molar-refractivity contribution in [1.82, 2.24) is 10.4 Å². The molecule has 0 bridgehead atoms. The third kappa shape index (κ3) is 2.77. The highest BCUT2D eigenvalue weighted by molar-refractivity contribution is 9.11. The van der Waals surface area contributed by atoms with E-state index in [1.165, 1.54) is 6.07 Å². The van der Waals surface area contributed by atoms with Gasteiger partial charge in [-0.25, -0.2) is 9.82 Å². The molecule has 2 aromatic rings. The van der Waals surface area contributed by atoms with E-state index in [-0.39, 0.29) is 5.82 Å². The van der Waals surface area contributed by atoms with Crippen LogP contribution in [0.4, 0.5) is 4.39 Å². The molecule has 94 valence electrons. The zero-order valence-electron chi connectivity index (χ0n) is 9.20. The van der Waals surface area contributed by atoms with Crippen LogP contribution in [0.1, 0.15) is 17.3 Å². The second-order valence-electron chi connectivity index (χ2n) is 3.64. The summed E-state index contributed by atoms with van der Waals surface area (Å²) in [4.78, 5) is 4.26. The second kappa shape index (κ2) is 5.88. The van der Waals surface area contributed by atoms with Crippen LogP contribution in [0.3, 0.4) is 0 Å². The molecule has 0 radical (unpaired) electrons. The molecule has 2 rings (SSSR count). The molecule has 3 N–H and O–H groups in total. The Morgan fingerprint density at radius 3 is 2.61 bits per heavy atom. The van der Waals surface area contributed by atoms with Crippen LogP contribution in [-0.2, 0) is 0 Å². The molecule has 3 nitrogen and oxygen atoms in total. The van der Waals surface area contributed by atoms with E-state index in [9.17, 15) is 4.39 Å². The summed E-state index contributed by atoms with van der Waals surface area (Å²) in [5, 5.41) is 0. The number of aromatic nitrogens is 1. The minimum atomic E-state index is -0.506. The van der Waals surface area contributed by atoms with E-state index in [0.717, 1.165) is 8.95 Å². The van der Waals surface area contributed by atoms with Crippen molar-refractivity contribution in [1.29, 1.82) is 0 Å². The van der Waals surface area contributed by atoms with E-state index in [4.69, 9.17) is 5.84 Å². The van der Waals surface area contributed by atoms with Crippen molar-refractivity contribution in [2.24, 2.45) is 5.84 Å². The van der Waals surface area contributed by atoms with Gasteiger partial charge in [0.2, 0.25) is 0 Å². The van der Waals surface area contributed by atoms with Crippen molar-refractivity contribution in [2.75, 3.05) is 0 Å². The van der Waals surface area contributed by atoms with Crippen LogP contribution in [-0.4, -0.2) is 4.98 Å². The monoisotopic (exact) mass is 373 g/mol. The first-order valence-electron chi connectivity index (χ1n) is 5.15. The molecule has 0 amide bonds. The van der Waals surface area contributed by atoms with E-state index >= 15 is 0 Å². The number of nitrogens with two attached hydrogens (primary N) is 1. The minimum absolute atomic E-state index is 0.322. The van der Waals surface area contributed by atoms with Crippen molar-refractivity contribution in [3.8, 4) is 0 Å². The summed E-state index contributed by atoms with van der Waals surface area (Å²) in [6.45, 7) is 0. The number of halogens is 3. The maximum absolute atomic E-state index is 13.8. The Bertz CT molecular complexity index is 563. The Morgan fingerprint density at radius 1 is 1.28 bits per heavy atom. The number of hydrazine groups is 1. The van der Waals surface area contributed by atoms with E-state index < -0.39 is 6.04 Å². The van der Waals surface area contributed by atoms with Gasteiger partial charge in [0.05, 0.1) is 11.7 Å². The van der Waals surface area contributed by atoms with Gasteiger partial charge in [0, 0.05) is 20.7 Å². The molecule has 0 saturated carbocycles. The van der Waals surface area contributed by atoms with Gasteiger partial charge in [0.15, 0.2) is 0 Å². The summed E-state index contributed by atoms with van der Waals surface area (Å²) in [7, 11) is 0. The van der Waals surface area contributed by atoms with Crippen molar-refractivity contribution in [3.63, 3.8) is 0 Å². The minimum Gasteiger partial charge on any atom is -0.271 e. The van der Waals surface area contributed by atoms with E-state index in [1.54, 1.807) is 24.4 Å². The Kier molecular flexibility index (Phi) is 4.45. The number of hydrogen-bond donors (Lipinski definition) is 2. The first-order chi connectivity index (χ1) is 8.63. The molecule has 0 aliphatic carbocycles. The number of pyridine rings is 1. The SMILES string of the molecule is NNC(c1ccccc1F)c1ncc(Br)cc1Br. The Labute approximate surface area is 121 Å². The third-order valence-corrected chi connectivity index (χ3v) is 3.56. The van der Waals surface area contributed by atoms with E-state index in [1.807, 2.05) is 6.07 Å². The zero-order valence-corrected chi connectivity index (χ0v) is 12.4. The zero-order chi connectivity index (χ0) is 13.1. The number of benzene rings is 1. The Balaban J connectivity index is 2.49. The number of hydrogen-bond acceptors (Lipinski definition) is 3. The van der Waals surface area contributed by atoms with Gasteiger partial charge in [-0.2, -0.15) is 0 Å². The molecule has 1 atom stereocenters. The van der Waals surface area contributed by atoms with Gasteiger partial charge in [0.25, 0.3) is 0 Å². The lowest BCUT2D eigenvalue weighted by Gasteiger charge is -2.17. The van der Waals surface area contributed by atoms with Crippen LogP contribution in [0.2, 0.25) is 0 Å². The van der Waals surface area contributed by atoms with Gasteiger partial charge in [-0.1, -0.05) is 18.2 Å². The van der Waals surface area contributed by atoms with Gasteiger partial charge in [-0.05, 0) is 44.0 Å². The lowest BCUT2D eigenvalue weighted by atomic mass is 10.0. The van der Waals surface area contributed by atoms with Gasteiger partial charge < -0.3 is 0 Å². The summed E-state index contributed by atoms with van der Waals surface area (Å²) in [6, 6.07) is 7.80. The van der Waals surface area contributed by atoms with Crippen LogP contribution in [0.25, 0.3) is 0 Å². The Hall–Kier alpha value is -0.820. The number of rotatable bonds is 3. The molecule has 18 heavy (non-hydrogen) atoms. The normalized spacial score (nSPS) is 12.4. The summed E-state index contributed by atoms with van der Waals surface area (Å²) in [6.07, 6.45) is 1.64. The maximum atomic E-state index is 13.8. The topological polar surface area (TPSA) is 50.9 Å². The molecule has 1 heterocycles. The molecule has 1 unspecified atom stereocenters. The fraction of sp³-hybridized carbons (Fsp3) is 0.0833. The van der Waals surface area contributed by atoms with Crippen LogP contribution < -0.4 is 11.3 Å². The van der Waals surface area contributed by atoms with Gasteiger partial charge >= 0.3 is 0 Å². The van der Waals surface area contributed by atoms with E-state index in [2.05, 4.69) is 42.3 Å². The predicted octanol–water partition coefficient (Wildman–Crippen LogP) is 3.30. The molecule has 0 saturated heterocycles. The fourth-order valence-corrected chi connectivity index (χ4v) is 2.88. The lowest BCUT2D eigenvalue weighted by Crippen LogP contribution is -2.30. The van der Waals surface area contributed by atoms with Crippen molar-refractivity contribution in [2.45, 2.75) is 6.04 Å². The first-order valence-corrected chi connectivity index (χ1v) is 6.73. The molecule has 6 heteroatoms. The maximum Gasteiger partial charge on any atom is 0.128 e. The number of nitrogens with zero attached hydrogens (tertiary/aromatic N) is 1. The highest BCUT2D eigenvalue weighted by Crippen LogP contribution is 2.29. The molecule has 0 fully saturated rings. The average Bonchev–Trinajstić information content (AvgIpc) is 2.34. The highest BCUT2D eigenvalue weighted by Gasteiger charge is 2.20. The lowest BCUT2D eigenvalue weighted by molar-refractivity contribution is 0.552. The van der Waals surface area contributed by atoms with Gasteiger partial charge in [0.1, 0.15) is 5.82 Å². The molecular weight excluding hydrogens is 365 g/mol. The molecule has 0 aliphatic rings. The van der Waals surface area contributed by atoms with Gasteiger partial charge in [-0.15, -0.1) is 0 Å². The van der Waals surface area contributed by atoms with Gasteiger partial charge in [-0.3, -0.25) is 10.8 Å². The number of nitrogens with one attached hydrogen (secondary N) is 1. The van der Waals surface area contributed by atoms with Crippen LogP contribution in [0.15, 0.2) is 45.5 Å².